The minimum absolute atomic E-state index is 0.150. The molecule has 3 rings (SSSR count). The van der Waals surface area contributed by atoms with E-state index in [0.29, 0.717) is 12.1 Å². The van der Waals surface area contributed by atoms with Crippen LogP contribution in [0.3, 0.4) is 0 Å². The summed E-state index contributed by atoms with van der Waals surface area (Å²) in [5.74, 6) is -2.54. The largest absolute Gasteiger partial charge is 0.487 e. The number of rotatable bonds is 5. The standard InChI is InChI=1S/C19H27F3N2O/c20-16-11-18(22)19(12-17(16)21)25-15-6-9-24(10-7-15)8-5-13-1-3-14(23)4-2-13/h11-15H,1-10,23H2/t13-,14-. The zero-order valence-electron chi connectivity index (χ0n) is 14.5. The van der Waals surface area contributed by atoms with E-state index in [-0.39, 0.29) is 11.9 Å². The maximum absolute atomic E-state index is 13.7. The Morgan fingerprint density at radius 3 is 2.24 bits per heavy atom. The minimum Gasteiger partial charge on any atom is -0.487 e. The normalized spacial score (nSPS) is 25.9. The first kappa shape index (κ1) is 18.5. The molecule has 1 aromatic carbocycles. The molecule has 6 heteroatoms. The van der Waals surface area contributed by atoms with Crippen molar-refractivity contribution in [2.75, 3.05) is 19.6 Å². The summed E-state index contributed by atoms with van der Waals surface area (Å²) in [6.45, 7) is 2.86. The second-order valence-corrected chi connectivity index (χ2v) is 7.43. The van der Waals surface area contributed by atoms with Crippen molar-refractivity contribution < 1.29 is 17.9 Å². The van der Waals surface area contributed by atoms with Crippen LogP contribution in [0.15, 0.2) is 12.1 Å². The first-order valence-electron chi connectivity index (χ1n) is 9.30. The van der Waals surface area contributed by atoms with E-state index in [1.165, 1.54) is 19.3 Å². The number of hydrogen-bond acceptors (Lipinski definition) is 3. The van der Waals surface area contributed by atoms with Gasteiger partial charge in [0.15, 0.2) is 23.2 Å². The van der Waals surface area contributed by atoms with Gasteiger partial charge in [0.05, 0.1) is 0 Å². The number of benzene rings is 1. The van der Waals surface area contributed by atoms with Gasteiger partial charge >= 0.3 is 0 Å². The topological polar surface area (TPSA) is 38.5 Å². The van der Waals surface area contributed by atoms with Crippen LogP contribution in [0.2, 0.25) is 0 Å². The van der Waals surface area contributed by atoms with Gasteiger partial charge < -0.3 is 15.4 Å². The van der Waals surface area contributed by atoms with Gasteiger partial charge in [-0.2, -0.15) is 0 Å². The summed E-state index contributed by atoms with van der Waals surface area (Å²) in [4.78, 5) is 2.41. The zero-order chi connectivity index (χ0) is 17.8. The predicted molar refractivity (Wildman–Crippen MR) is 91.0 cm³/mol. The van der Waals surface area contributed by atoms with Gasteiger partial charge in [-0.1, -0.05) is 0 Å². The molecule has 1 heterocycles. The van der Waals surface area contributed by atoms with E-state index < -0.39 is 17.5 Å². The van der Waals surface area contributed by atoms with Gasteiger partial charge in [0.25, 0.3) is 0 Å². The van der Waals surface area contributed by atoms with Crippen molar-refractivity contribution in [3.05, 3.63) is 29.6 Å². The van der Waals surface area contributed by atoms with Crippen LogP contribution in [-0.4, -0.2) is 36.7 Å². The fraction of sp³-hybridized carbons (Fsp3) is 0.684. The fourth-order valence-electron chi connectivity index (χ4n) is 3.87. The van der Waals surface area contributed by atoms with Crippen LogP contribution in [0.1, 0.15) is 44.9 Å². The Balaban J connectivity index is 1.41. The second kappa shape index (κ2) is 8.41. The minimum atomic E-state index is -1.19. The molecule has 0 aromatic heterocycles. The molecule has 1 aliphatic heterocycles. The lowest BCUT2D eigenvalue weighted by molar-refractivity contribution is 0.0917. The molecule has 25 heavy (non-hydrogen) atoms. The summed E-state index contributed by atoms with van der Waals surface area (Å²) in [5, 5.41) is 0. The monoisotopic (exact) mass is 356 g/mol. The summed E-state index contributed by atoms with van der Waals surface area (Å²) in [5.41, 5.74) is 5.95. The lowest BCUT2D eigenvalue weighted by Crippen LogP contribution is -2.39. The molecule has 0 spiro atoms. The van der Waals surface area contributed by atoms with Gasteiger partial charge in [-0.3, -0.25) is 0 Å². The van der Waals surface area contributed by atoms with E-state index in [0.717, 1.165) is 57.3 Å². The van der Waals surface area contributed by atoms with E-state index in [1.54, 1.807) is 0 Å². The van der Waals surface area contributed by atoms with E-state index >= 15 is 0 Å². The van der Waals surface area contributed by atoms with Crippen molar-refractivity contribution in [2.24, 2.45) is 11.7 Å². The quantitative estimate of drug-likeness (QED) is 0.815. The van der Waals surface area contributed by atoms with E-state index in [1.807, 2.05) is 0 Å². The fourth-order valence-corrected chi connectivity index (χ4v) is 3.87. The predicted octanol–water partition coefficient (Wildman–Crippen LogP) is 3.85. The molecule has 140 valence electrons. The van der Waals surface area contributed by atoms with Crippen molar-refractivity contribution in [2.45, 2.75) is 57.1 Å². The van der Waals surface area contributed by atoms with Crippen molar-refractivity contribution in [1.29, 1.82) is 0 Å². The van der Waals surface area contributed by atoms with Gasteiger partial charge in [0.1, 0.15) is 6.10 Å². The molecule has 2 fully saturated rings. The smallest absolute Gasteiger partial charge is 0.168 e. The first-order valence-corrected chi connectivity index (χ1v) is 9.30. The van der Waals surface area contributed by atoms with Gasteiger partial charge in [-0.25, -0.2) is 13.2 Å². The van der Waals surface area contributed by atoms with Crippen LogP contribution < -0.4 is 10.5 Å². The zero-order valence-corrected chi connectivity index (χ0v) is 14.5. The highest BCUT2D eigenvalue weighted by Crippen LogP contribution is 2.27. The van der Waals surface area contributed by atoms with E-state index in [9.17, 15) is 13.2 Å². The molecular formula is C19H27F3N2O. The van der Waals surface area contributed by atoms with Gasteiger partial charge in [-0.05, 0) is 57.4 Å². The van der Waals surface area contributed by atoms with Crippen molar-refractivity contribution >= 4 is 0 Å². The number of nitrogens with two attached hydrogens (primary N) is 1. The molecule has 3 nitrogen and oxygen atoms in total. The second-order valence-electron chi connectivity index (χ2n) is 7.43. The lowest BCUT2D eigenvalue weighted by Gasteiger charge is -2.34. The van der Waals surface area contributed by atoms with Crippen LogP contribution in [0.25, 0.3) is 0 Å². The van der Waals surface area contributed by atoms with Gasteiger partial charge in [-0.15, -0.1) is 0 Å². The summed E-state index contributed by atoms with van der Waals surface area (Å²) >= 11 is 0. The van der Waals surface area contributed by atoms with E-state index in [4.69, 9.17) is 10.5 Å². The SMILES string of the molecule is N[C@H]1CC[C@H](CCN2CCC(Oc3cc(F)c(F)cc3F)CC2)CC1. The molecule has 1 saturated heterocycles. The summed E-state index contributed by atoms with van der Waals surface area (Å²) in [6, 6.07) is 1.72. The van der Waals surface area contributed by atoms with Crippen molar-refractivity contribution in [1.82, 2.24) is 4.90 Å². The third kappa shape index (κ3) is 5.11. The number of piperidine rings is 1. The molecule has 1 aliphatic carbocycles. The Bertz CT molecular complexity index is 568. The molecule has 1 aromatic rings. The Kier molecular flexibility index (Phi) is 6.23. The van der Waals surface area contributed by atoms with Crippen LogP contribution in [-0.2, 0) is 0 Å². The molecule has 0 atom stereocenters. The van der Waals surface area contributed by atoms with Crippen LogP contribution in [0.4, 0.5) is 13.2 Å². The maximum atomic E-state index is 13.7. The molecule has 0 unspecified atom stereocenters. The molecule has 1 saturated carbocycles. The summed E-state index contributed by atoms with van der Waals surface area (Å²) in [7, 11) is 0. The van der Waals surface area contributed by atoms with Crippen molar-refractivity contribution in [3.8, 4) is 5.75 Å². The molecule has 0 amide bonds. The average Bonchev–Trinajstić information content (AvgIpc) is 2.60. The van der Waals surface area contributed by atoms with Crippen LogP contribution >= 0.6 is 0 Å². The van der Waals surface area contributed by atoms with Gasteiger partial charge in [0, 0.05) is 31.3 Å². The van der Waals surface area contributed by atoms with Crippen LogP contribution in [0, 0.1) is 23.4 Å². The Labute approximate surface area is 147 Å². The number of ether oxygens (including phenoxy) is 1. The number of halogens is 3. The molecule has 0 bridgehead atoms. The van der Waals surface area contributed by atoms with E-state index in [2.05, 4.69) is 4.90 Å². The Hall–Kier alpha value is -1.27. The Morgan fingerprint density at radius 2 is 1.56 bits per heavy atom. The molecule has 2 N–H and O–H groups in total. The highest BCUT2D eigenvalue weighted by Gasteiger charge is 2.24. The third-order valence-electron chi connectivity index (χ3n) is 5.55. The molecular weight excluding hydrogens is 329 g/mol. The summed E-state index contributed by atoms with van der Waals surface area (Å²) < 4.78 is 45.4. The average molecular weight is 356 g/mol. The first-order chi connectivity index (χ1) is 12.0. The Morgan fingerprint density at radius 1 is 0.920 bits per heavy atom. The number of nitrogens with zero attached hydrogens (tertiary/aromatic N) is 1. The highest BCUT2D eigenvalue weighted by atomic mass is 19.2. The lowest BCUT2D eigenvalue weighted by atomic mass is 9.84. The molecule has 2 aliphatic rings. The van der Waals surface area contributed by atoms with Crippen molar-refractivity contribution in [3.63, 3.8) is 0 Å². The number of hydrogen-bond donors (Lipinski definition) is 1. The summed E-state index contributed by atoms with van der Waals surface area (Å²) in [6.07, 6.45) is 7.34. The van der Waals surface area contributed by atoms with Crippen LogP contribution in [0.5, 0.6) is 5.75 Å². The third-order valence-corrected chi connectivity index (χ3v) is 5.55. The van der Waals surface area contributed by atoms with Gasteiger partial charge in [0.2, 0.25) is 0 Å². The molecule has 0 radical (unpaired) electrons. The highest BCUT2D eigenvalue weighted by molar-refractivity contribution is 5.26. The maximum Gasteiger partial charge on any atom is 0.168 e. The number of likely N-dealkylation sites (tertiary alicyclic amines) is 1.